The van der Waals surface area contributed by atoms with Crippen molar-refractivity contribution in [2.75, 3.05) is 0 Å². The molecule has 1 unspecified atom stereocenters. The van der Waals surface area contributed by atoms with Gasteiger partial charge in [0.2, 0.25) is 3.79 Å². The third-order valence-corrected chi connectivity index (χ3v) is 1.55. The number of hydrogen-bond donors (Lipinski definition) is 1. The number of hydrogen-bond acceptors (Lipinski definition) is 1. The second-order valence-electron chi connectivity index (χ2n) is 0.877. The van der Waals surface area contributed by atoms with E-state index in [1.54, 1.807) is 0 Å². The molecule has 0 heterocycles. The van der Waals surface area contributed by atoms with Crippen LogP contribution in [0.25, 0.3) is 0 Å². The monoisotopic (exact) mass is 272 g/mol. The molecule has 0 spiro atoms. The second kappa shape index (κ2) is 4.76. The summed E-state index contributed by atoms with van der Waals surface area (Å²) in [6, 6.07) is 0. The molecule has 0 radical (unpaired) electrons. The van der Waals surface area contributed by atoms with Crippen molar-refractivity contribution in [3.63, 3.8) is 0 Å². The summed E-state index contributed by atoms with van der Waals surface area (Å²) in [5, 5.41) is 8.26. The van der Waals surface area contributed by atoms with Gasteiger partial charge in [0.15, 0.2) is 5.56 Å². The van der Waals surface area contributed by atoms with E-state index in [0.29, 0.717) is 0 Å². The topological polar surface area (TPSA) is 20.2 Å². The molecule has 0 aromatic carbocycles. The summed E-state index contributed by atoms with van der Waals surface area (Å²) in [6.45, 7) is 0. The van der Waals surface area contributed by atoms with Gasteiger partial charge < -0.3 is 5.11 Å². The van der Waals surface area contributed by atoms with Crippen molar-refractivity contribution >= 4 is 46.4 Å². The Morgan fingerprint density at radius 2 is 1.38 bits per heavy atom. The Morgan fingerprint density at radius 3 is 1.38 bits per heavy atom. The maximum absolute atomic E-state index is 8.26. The largest absolute Gasteiger partial charge is 0.373 e. The first-order valence-electron chi connectivity index (χ1n) is 1.33. The van der Waals surface area contributed by atoms with Crippen LogP contribution in [0, 0.1) is 0 Å². The van der Waals surface area contributed by atoms with Gasteiger partial charge in [0.05, 0.1) is 0 Å². The van der Waals surface area contributed by atoms with E-state index in [9.17, 15) is 0 Å². The first-order chi connectivity index (χ1) is 2.94. The van der Waals surface area contributed by atoms with E-state index in [2.05, 4.69) is 0 Å². The molecule has 0 aromatic heterocycles. The summed E-state index contributed by atoms with van der Waals surface area (Å²) < 4.78 is -1.76. The Bertz CT molecular complexity index is 59.5. The summed E-state index contributed by atoms with van der Waals surface area (Å²) in [5.74, 6) is 0. The minimum atomic E-state index is -1.76. The predicted octanol–water partition coefficient (Wildman–Crippen LogP) is 1.91. The van der Waals surface area contributed by atoms with Crippen LogP contribution < -0.4 is 0 Å². The molecule has 0 bridgehead atoms. The van der Waals surface area contributed by atoms with Crippen molar-refractivity contribution in [3.05, 3.63) is 0 Å². The van der Waals surface area contributed by atoms with Crippen molar-refractivity contribution in [1.82, 2.24) is 0 Å². The fourth-order valence-corrected chi connectivity index (χ4v) is 0. The Morgan fingerprint density at radius 1 is 1.25 bits per heavy atom. The molecule has 8 heavy (non-hydrogen) atoms. The molecule has 1 nitrogen and oxygen atoms in total. The molecule has 6 heteroatoms. The Labute approximate surface area is 86.4 Å². The van der Waals surface area contributed by atoms with Crippen LogP contribution in [0.3, 0.4) is 0 Å². The molecular formula is C2H2Cl4OZr. The molecule has 1 N–H and O–H groups in total. The van der Waals surface area contributed by atoms with Gasteiger partial charge in [-0.2, -0.15) is 0 Å². The zero-order valence-electron chi connectivity index (χ0n) is 3.54. The van der Waals surface area contributed by atoms with Gasteiger partial charge in [0.1, 0.15) is 0 Å². The summed E-state index contributed by atoms with van der Waals surface area (Å²) in [6.07, 6.45) is 0. The minimum Gasteiger partial charge on any atom is -0.373 e. The van der Waals surface area contributed by atoms with Crippen molar-refractivity contribution in [1.29, 1.82) is 0 Å². The van der Waals surface area contributed by atoms with Gasteiger partial charge in [-0.25, -0.2) is 0 Å². The van der Waals surface area contributed by atoms with Gasteiger partial charge in [-0.05, 0) is 0 Å². The molecule has 0 saturated carbocycles. The van der Waals surface area contributed by atoms with E-state index in [1.165, 1.54) is 0 Å². The molecule has 0 saturated heterocycles. The van der Waals surface area contributed by atoms with Crippen LogP contribution in [0.1, 0.15) is 0 Å². The van der Waals surface area contributed by atoms with Crippen molar-refractivity contribution < 1.29 is 31.3 Å². The first kappa shape index (κ1) is 12.7. The van der Waals surface area contributed by atoms with Gasteiger partial charge >= 0.3 is 0 Å². The van der Waals surface area contributed by atoms with Crippen LogP contribution in [0.4, 0.5) is 0 Å². The maximum Gasteiger partial charge on any atom is 0.229 e. The minimum absolute atomic E-state index is 0. The molecule has 0 aromatic rings. The van der Waals surface area contributed by atoms with Crippen LogP contribution in [0.5, 0.6) is 0 Å². The molecule has 0 aliphatic heterocycles. The van der Waals surface area contributed by atoms with E-state index >= 15 is 0 Å². The summed E-state index contributed by atoms with van der Waals surface area (Å²) in [7, 11) is 0. The molecule has 0 aliphatic rings. The Balaban J connectivity index is 0. The number of aliphatic hydroxyl groups is 1. The maximum atomic E-state index is 8.26. The second-order valence-corrected chi connectivity index (χ2v) is 3.66. The smallest absolute Gasteiger partial charge is 0.229 e. The van der Waals surface area contributed by atoms with Crippen molar-refractivity contribution in [2.45, 2.75) is 9.36 Å². The van der Waals surface area contributed by atoms with Gasteiger partial charge in [0.25, 0.3) is 0 Å². The zero-order chi connectivity index (χ0) is 6.08. The molecular weight excluding hydrogens is 273 g/mol. The van der Waals surface area contributed by atoms with E-state index in [1.807, 2.05) is 0 Å². The van der Waals surface area contributed by atoms with Gasteiger partial charge in [-0.15, -0.1) is 0 Å². The fraction of sp³-hybridized carbons (Fsp3) is 1.00. The van der Waals surface area contributed by atoms with Crippen LogP contribution in [-0.4, -0.2) is 14.5 Å². The van der Waals surface area contributed by atoms with Crippen LogP contribution >= 0.6 is 46.4 Å². The first-order valence-corrected chi connectivity index (χ1v) is 2.90. The quantitative estimate of drug-likeness (QED) is 0.669. The van der Waals surface area contributed by atoms with Crippen LogP contribution in [-0.2, 0) is 26.2 Å². The van der Waals surface area contributed by atoms with Gasteiger partial charge in [0, 0.05) is 26.2 Å². The Kier molecular flexibility index (Phi) is 7.54. The van der Waals surface area contributed by atoms with Crippen molar-refractivity contribution in [2.24, 2.45) is 0 Å². The van der Waals surface area contributed by atoms with Gasteiger partial charge in [-0.1, -0.05) is 46.4 Å². The fourth-order valence-electron chi connectivity index (χ4n) is 0. The van der Waals surface area contributed by atoms with E-state index < -0.39 is 9.36 Å². The molecule has 0 amide bonds. The molecule has 0 fully saturated rings. The number of aliphatic hydroxyl groups excluding tert-OH is 1. The van der Waals surface area contributed by atoms with Gasteiger partial charge in [-0.3, -0.25) is 0 Å². The number of rotatable bonds is 0. The third kappa shape index (κ3) is 6.13. The molecule has 1 atom stereocenters. The average molecular weight is 275 g/mol. The normalized spacial score (nSPS) is 14.6. The van der Waals surface area contributed by atoms with Crippen LogP contribution in [0.2, 0.25) is 0 Å². The number of alkyl halides is 4. The van der Waals surface area contributed by atoms with E-state index in [-0.39, 0.29) is 26.2 Å². The third-order valence-electron chi connectivity index (χ3n) is 0.270. The number of halogens is 4. The SMILES string of the molecule is OC(Cl)C(Cl)(Cl)Cl.[Zr]. The van der Waals surface area contributed by atoms with Crippen LogP contribution in [0.15, 0.2) is 0 Å². The molecule has 0 rings (SSSR count). The summed E-state index contributed by atoms with van der Waals surface area (Å²) >= 11 is 20.0. The van der Waals surface area contributed by atoms with E-state index in [4.69, 9.17) is 51.5 Å². The zero-order valence-corrected chi connectivity index (χ0v) is 9.02. The molecule has 48 valence electrons. The Hall–Kier alpha value is 2.00. The van der Waals surface area contributed by atoms with E-state index in [0.717, 1.165) is 0 Å². The summed E-state index contributed by atoms with van der Waals surface area (Å²) in [4.78, 5) is 0. The van der Waals surface area contributed by atoms with Crippen molar-refractivity contribution in [3.8, 4) is 0 Å². The molecule has 0 aliphatic carbocycles. The average Bonchev–Trinajstić information content (AvgIpc) is 1.31. The standard InChI is InChI=1S/C2H2Cl4O.Zr/c3-1(7)2(4,5)6;/h1,7H;. The predicted molar refractivity (Wildman–Crippen MR) is 32.1 cm³/mol. The summed E-state index contributed by atoms with van der Waals surface area (Å²) in [5.41, 5.74) is -1.43.